The van der Waals surface area contributed by atoms with Crippen molar-refractivity contribution in [2.45, 2.75) is 32.7 Å². The molecule has 6 heteroatoms. The molecule has 0 aliphatic carbocycles. The van der Waals surface area contributed by atoms with Gasteiger partial charge in [-0.25, -0.2) is 4.98 Å². The quantitative estimate of drug-likeness (QED) is 0.769. The van der Waals surface area contributed by atoms with E-state index in [0.717, 1.165) is 35.5 Å². The molecule has 6 nitrogen and oxygen atoms in total. The molecule has 3 heterocycles. The summed E-state index contributed by atoms with van der Waals surface area (Å²) in [6.45, 7) is 3.99. The number of nitrogens with one attached hydrogen (secondary N) is 1. The van der Waals surface area contributed by atoms with Crippen LogP contribution in [0.5, 0.6) is 0 Å². The predicted octanol–water partition coefficient (Wildman–Crippen LogP) is 2.95. The van der Waals surface area contributed by atoms with Crippen molar-refractivity contribution in [1.82, 2.24) is 15.1 Å². The highest BCUT2D eigenvalue weighted by Gasteiger charge is 2.13. The van der Waals surface area contributed by atoms with Gasteiger partial charge in [0.1, 0.15) is 23.3 Å². The van der Waals surface area contributed by atoms with Crippen molar-refractivity contribution in [2.24, 2.45) is 0 Å². The van der Waals surface area contributed by atoms with Crippen LogP contribution in [-0.4, -0.2) is 21.2 Å². The van der Waals surface area contributed by atoms with E-state index in [2.05, 4.69) is 27.4 Å². The van der Waals surface area contributed by atoms with Gasteiger partial charge in [0.05, 0.1) is 12.0 Å². The van der Waals surface area contributed by atoms with Crippen LogP contribution in [0.1, 0.15) is 24.8 Å². The van der Waals surface area contributed by atoms with E-state index in [9.17, 15) is 0 Å². The number of hydrogen-bond acceptors (Lipinski definition) is 6. The number of hydrogen-bond donors (Lipinski definition) is 1. The van der Waals surface area contributed by atoms with Gasteiger partial charge >= 0.3 is 0 Å². The minimum absolute atomic E-state index is 0.257. The molecule has 3 aromatic rings. The summed E-state index contributed by atoms with van der Waals surface area (Å²) >= 11 is 0. The van der Waals surface area contributed by atoms with Crippen molar-refractivity contribution in [3.63, 3.8) is 0 Å². The smallest absolute Gasteiger partial charge is 0.263 e. The molecule has 20 heavy (non-hydrogen) atoms. The highest BCUT2D eigenvalue weighted by Crippen LogP contribution is 2.23. The second-order valence-corrected chi connectivity index (χ2v) is 4.83. The number of aryl methyl sites for hydroxylation is 2. The molecule has 3 aromatic heterocycles. The van der Waals surface area contributed by atoms with Crippen LogP contribution in [0.4, 0.5) is 5.82 Å². The van der Waals surface area contributed by atoms with Crippen LogP contribution in [-0.2, 0) is 6.42 Å². The standard InChI is InChI=1S/C14H16N4O2/c1-9(5-6-11-4-3-7-19-11)17-13-12-10(2)18-20-14(12)16-8-15-13/h3-4,7-9H,5-6H2,1-2H3,(H,15,16,17)/t9-/m1/s1. The molecule has 1 N–H and O–H groups in total. The number of aromatic nitrogens is 3. The van der Waals surface area contributed by atoms with Crippen molar-refractivity contribution in [3.05, 3.63) is 36.2 Å². The molecule has 0 saturated heterocycles. The third-order valence-electron chi connectivity index (χ3n) is 3.23. The maximum absolute atomic E-state index is 5.33. The van der Waals surface area contributed by atoms with Gasteiger partial charge in [-0.1, -0.05) is 5.16 Å². The fourth-order valence-corrected chi connectivity index (χ4v) is 2.15. The van der Waals surface area contributed by atoms with Gasteiger partial charge in [-0.3, -0.25) is 0 Å². The molecule has 0 amide bonds. The first kappa shape index (κ1) is 12.7. The zero-order valence-electron chi connectivity index (χ0n) is 11.5. The third kappa shape index (κ3) is 2.49. The summed E-state index contributed by atoms with van der Waals surface area (Å²) in [7, 11) is 0. The second-order valence-electron chi connectivity index (χ2n) is 4.83. The Morgan fingerprint density at radius 1 is 1.35 bits per heavy atom. The minimum atomic E-state index is 0.257. The van der Waals surface area contributed by atoms with E-state index in [1.165, 1.54) is 6.33 Å². The monoisotopic (exact) mass is 272 g/mol. The lowest BCUT2D eigenvalue weighted by molar-refractivity contribution is 0.442. The number of anilines is 1. The Morgan fingerprint density at radius 2 is 2.25 bits per heavy atom. The van der Waals surface area contributed by atoms with Gasteiger partial charge in [-0.05, 0) is 32.4 Å². The van der Waals surface area contributed by atoms with E-state index >= 15 is 0 Å². The van der Waals surface area contributed by atoms with Crippen molar-refractivity contribution in [1.29, 1.82) is 0 Å². The lowest BCUT2D eigenvalue weighted by Crippen LogP contribution is -2.17. The van der Waals surface area contributed by atoms with E-state index in [0.29, 0.717) is 5.71 Å². The first-order valence-electron chi connectivity index (χ1n) is 6.60. The summed E-state index contributed by atoms with van der Waals surface area (Å²) in [4.78, 5) is 8.34. The maximum atomic E-state index is 5.33. The van der Waals surface area contributed by atoms with Crippen LogP contribution < -0.4 is 5.32 Å². The Hall–Kier alpha value is -2.37. The highest BCUT2D eigenvalue weighted by atomic mass is 16.5. The Morgan fingerprint density at radius 3 is 3.05 bits per heavy atom. The van der Waals surface area contributed by atoms with E-state index in [-0.39, 0.29) is 6.04 Å². The Kier molecular flexibility index (Phi) is 3.37. The van der Waals surface area contributed by atoms with E-state index in [1.54, 1.807) is 6.26 Å². The molecule has 0 bridgehead atoms. The van der Waals surface area contributed by atoms with Gasteiger partial charge in [0.2, 0.25) is 0 Å². The first-order chi connectivity index (χ1) is 9.74. The lowest BCUT2D eigenvalue weighted by atomic mass is 10.1. The predicted molar refractivity (Wildman–Crippen MR) is 74.4 cm³/mol. The Balaban J connectivity index is 1.71. The molecule has 3 rings (SSSR count). The molecular formula is C14H16N4O2. The minimum Gasteiger partial charge on any atom is -0.469 e. The SMILES string of the molecule is Cc1noc2ncnc(N[C@H](C)CCc3ccco3)c12. The molecule has 104 valence electrons. The van der Waals surface area contributed by atoms with Crippen molar-refractivity contribution < 1.29 is 8.94 Å². The van der Waals surface area contributed by atoms with Gasteiger partial charge in [-0.15, -0.1) is 0 Å². The van der Waals surface area contributed by atoms with Crippen molar-refractivity contribution >= 4 is 16.9 Å². The topological polar surface area (TPSA) is 77.0 Å². The van der Waals surface area contributed by atoms with Crippen molar-refractivity contribution in [2.75, 3.05) is 5.32 Å². The zero-order valence-corrected chi connectivity index (χ0v) is 11.5. The molecular weight excluding hydrogens is 256 g/mol. The van der Waals surface area contributed by atoms with Crippen LogP contribution in [0.2, 0.25) is 0 Å². The van der Waals surface area contributed by atoms with Crippen LogP contribution in [0, 0.1) is 6.92 Å². The number of rotatable bonds is 5. The fraction of sp³-hybridized carbons (Fsp3) is 0.357. The van der Waals surface area contributed by atoms with Crippen LogP contribution in [0.3, 0.4) is 0 Å². The summed E-state index contributed by atoms with van der Waals surface area (Å²) in [5.41, 5.74) is 1.31. The molecule has 0 spiro atoms. The molecule has 0 saturated carbocycles. The fourth-order valence-electron chi connectivity index (χ4n) is 2.15. The highest BCUT2D eigenvalue weighted by molar-refractivity contribution is 5.87. The molecule has 0 fully saturated rings. The van der Waals surface area contributed by atoms with Gasteiger partial charge < -0.3 is 14.3 Å². The third-order valence-corrected chi connectivity index (χ3v) is 3.23. The number of fused-ring (bicyclic) bond motifs is 1. The van der Waals surface area contributed by atoms with Crippen LogP contribution >= 0.6 is 0 Å². The van der Waals surface area contributed by atoms with Gasteiger partial charge in [0.25, 0.3) is 5.71 Å². The van der Waals surface area contributed by atoms with Gasteiger partial charge in [0.15, 0.2) is 0 Å². The average molecular weight is 272 g/mol. The number of nitrogens with zero attached hydrogens (tertiary/aromatic N) is 3. The number of furan rings is 1. The van der Waals surface area contributed by atoms with Crippen LogP contribution in [0.25, 0.3) is 11.1 Å². The van der Waals surface area contributed by atoms with Gasteiger partial charge in [0, 0.05) is 12.5 Å². The molecule has 0 aliphatic heterocycles. The summed E-state index contributed by atoms with van der Waals surface area (Å²) in [6, 6.07) is 4.15. The zero-order chi connectivity index (χ0) is 13.9. The largest absolute Gasteiger partial charge is 0.469 e. The summed E-state index contributed by atoms with van der Waals surface area (Å²) in [5, 5.41) is 8.14. The molecule has 0 radical (unpaired) electrons. The normalized spacial score (nSPS) is 12.7. The van der Waals surface area contributed by atoms with E-state index < -0.39 is 0 Å². The van der Waals surface area contributed by atoms with Gasteiger partial charge in [-0.2, -0.15) is 4.98 Å². The Bertz CT molecular complexity index is 690. The van der Waals surface area contributed by atoms with E-state index in [1.807, 2.05) is 19.1 Å². The molecule has 0 aliphatic rings. The van der Waals surface area contributed by atoms with E-state index in [4.69, 9.17) is 8.94 Å². The lowest BCUT2D eigenvalue weighted by Gasteiger charge is -2.14. The molecule has 0 aromatic carbocycles. The average Bonchev–Trinajstić information content (AvgIpc) is 3.07. The van der Waals surface area contributed by atoms with Crippen molar-refractivity contribution in [3.8, 4) is 0 Å². The summed E-state index contributed by atoms with van der Waals surface area (Å²) in [6.07, 6.45) is 5.01. The summed E-state index contributed by atoms with van der Waals surface area (Å²) < 4.78 is 10.5. The Labute approximate surface area is 116 Å². The maximum Gasteiger partial charge on any atom is 0.263 e. The first-order valence-corrected chi connectivity index (χ1v) is 6.60. The summed E-state index contributed by atoms with van der Waals surface area (Å²) in [5.74, 6) is 1.76. The molecule has 0 unspecified atom stereocenters. The second kappa shape index (κ2) is 5.32. The van der Waals surface area contributed by atoms with Crippen LogP contribution in [0.15, 0.2) is 33.7 Å². The molecule has 1 atom stereocenters.